The number of nitrogen functional groups attached to an aromatic ring is 1. The minimum absolute atomic E-state index is 0.0205. The SMILES string of the molecule is CN(Cc1ccc2c(c1)OCCO2)C(=O)CSc1nncn1N. The number of fused-ring (bicyclic) bond motifs is 1. The Morgan fingerprint density at radius 1 is 1.39 bits per heavy atom. The maximum Gasteiger partial charge on any atom is 0.233 e. The Morgan fingerprint density at radius 2 is 2.17 bits per heavy atom. The normalized spacial score (nSPS) is 12.9. The summed E-state index contributed by atoms with van der Waals surface area (Å²) < 4.78 is 12.3. The Morgan fingerprint density at radius 3 is 2.91 bits per heavy atom. The predicted molar refractivity (Wildman–Crippen MR) is 84.8 cm³/mol. The van der Waals surface area contributed by atoms with Gasteiger partial charge >= 0.3 is 0 Å². The van der Waals surface area contributed by atoms with Gasteiger partial charge < -0.3 is 20.2 Å². The number of ether oxygens (including phenoxy) is 2. The molecule has 122 valence electrons. The minimum atomic E-state index is -0.0205. The average Bonchev–Trinajstić information content (AvgIpc) is 2.97. The molecular formula is C14H17N5O3S. The zero-order chi connectivity index (χ0) is 16.2. The molecular weight excluding hydrogens is 318 g/mol. The van der Waals surface area contributed by atoms with Crippen LogP contribution in [0.2, 0.25) is 0 Å². The molecule has 1 aliphatic rings. The molecule has 0 fully saturated rings. The molecule has 0 radical (unpaired) electrons. The monoisotopic (exact) mass is 335 g/mol. The van der Waals surface area contributed by atoms with Gasteiger partial charge in [-0.15, -0.1) is 10.2 Å². The number of nitrogens with two attached hydrogens (primary N) is 1. The van der Waals surface area contributed by atoms with E-state index in [1.54, 1.807) is 11.9 Å². The lowest BCUT2D eigenvalue weighted by Gasteiger charge is -2.21. The highest BCUT2D eigenvalue weighted by molar-refractivity contribution is 7.99. The molecule has 8 nitrogen and oxygen atoms in total. The first-order valence-corrected chi connectivity index (χ1v) is 8.02. The van der Waals surface area contributed by atoms with Gasteiger partial charge in [-0.2, -0.15) is 0 Å². The second kappa shape index (κ2) is 6.78. The summed E-state index contributed by atoms with van der Waals surface area (Å²) in [6, 6.07) is 5.71. The van der Waals surface area contributed by atoms with E-state index >= 15 is 0 Å². The van der Waals surface area contributed by atoms with E-state index in [1.165, 1.54) is 22.8 Å². The van der Waals surface area contributed by atoms with Crippen LogP contribution in [0.3, 0.4) is 0 Å². The third-order valence-electron chi connectivity index (χ3n) is 3.32. The number of thioether (sulfide) groups is 1. The van der Waals surface area contributed by atoms with Crippen LogP contribution in [0.4, 0.5) is 0 Å². The van der Waals surface area contributed by atoms with E-state index in [-0.39, 0.29) is 11.7 Å². The zero-order valence-corrected chi connectivity index (χ0v) is 13.5. The fraction of sp³-hybridized carbons (Fsp3) is 0.357. The average molecular weight is 335 g/mol. The molecule has 0 saturated carbocycles. The van der Waals surface area contributed by atoms with Gasteiger partial charge in [0.15, 0.2) is 11.5 Å². The van der Waals surface area contributed by atoms with Crippen molar-refractivity contribution in [1.82, 2.24) is 19.8 Å². The number of benzene rings is 1. The predicted octanol–water partition coefficient (Wildman–Crippen LogP) is 0.514. The van der Waals surface area contributed by atoms with E-state index in [4.69, 9.17) is 15.3 Å². The van der Waals surface area contributed by atoms with E-state index in [1.807, 2.05) is 18.2 Å². The summed E-state index contributed by atoms with van der Waals surface area (Å²) in [4.78, 5) is 13.8. The molecule has 9 heteroatoms. The number of amides is 1. The molecule has 23 heavy (non-hydrogen) atoms. The highest BCUT2D eigenvalue weighted by atomic mass is 32.2. The Kier molecular flexibility index (Phi) is 4.56. The van der Waals surface area contributed by atoms with Gasteiger partial charge in [0.2, 0.25) is 11.1 Å². The molecule has 1 aliphatic heterocycles. The number of hydrogen-bond donors (Lipinski definition) is 1. The second-order valence-corrected chi connectivity index (χ2v) is 5.98. The first-order valence-electron chi connectivity index (χ1n) is 7.04. The molecule has 1 amide bonds. The molecule has 2 N–H and O–H groups in total. The largest absolute Gasteiger partial charge is 0.486 e. The van der Waals surface area contributed by atoms with Crippen LogP contribution in [0.25, 0.3) is 0 Å². The van der Waals surface area contributed by atoms with Crippen molar-refractivity contribution >= 4 is 17.7 Å². The van der Waals surface area contributed by atoms with Crippen molar-refractivity contribution in [2.45, 2.75) is 11.7 Å². The van der Waals surface area contributed by atoms with Crippen molar-refractivity contribution in [2.24, 2.45) is 0 Å². The van der Waals surface area contributed by atoms with Crippen LogP contribution in [-0.2, 0) is 11.3 Å². The third-order valence-corrected chi connectivity index (χ3v) is 4.26. The maximum absolute atomic E-state index is 12.2. The fourth-order valence-electron chi connectivity index (χ4n) is 2.12. The zero-order valence-electron chi connectivity index (χ0n) is 12.6. The van der Waals surface area contributed by atoms with E-state index in [0.29, 0.717) is 24.9 Å². The first kappa shape index (κ1) is 15.5. The molecule has 0 bridgehead atoms. The van der Waals surface area contributed by atoms with Crippen molar-refractivity contribution < 1.29 is 14.3 Å². The van der Waals surface area contributed by atoms with Crippen LogP contribution in [0.1, 0.15) is 5.56 Å². The van der Waals surface area contributed by atoms with Gasteiger partial charge in [0, 0.05) is 13.6 Å². The van der Waals surface area contributed by atoms with E-state index in [2.05, 4.69) is 10.2 Å². The van der Waals surface area contributed by atoms with Gasteiger partial charge in [-0.05, 0) is 17.7 Å². The van der Waals surface area contributed by atoms with Gasteiger partial charge in [-0.3, -0.25) is 4.79 Å². The highest BCUT2D eigenvalue weighted by Crippen LogP contribution is 2.31. The van der Waals surface area contributed by atoms with Crippen molar-refractivity contribution in [3.05, 3.63) is 30.1 Å². The fourth-order valence-corrected chi connectivity index (χ4v) is 2.89. The Hall–Kier alpha value is -2.42. The minimum Gasteiger partial charge on any atom is -0.486 e. The summed E-state index contributed by atoms with van der Waals surface area (Å²) in [7, 11) is 1.76. The molecule has 2 aromatic rings. The lowest BCUT2D eigenvalue weighted by Crippen LogP contribution is -2.28. The van der Waals surface area contributed by atoms with Crippen molar-refractivity contribution in [2.75, 3.05) is 31.9 Å². The van der Waals surface area contributed by atoms with Crippen molar-refractivity contribution in [1.29, 1.82) is 0 Å². The van der Waals surface area contributed by atoms with E-state index < -0.39 is 0 Å². The number of aromatic nitrogens is 3. The first-order chi connectivity index (χ1) is 11.1. The van der Waals surface area contributed by atoms with Crippen LogP contribution < -0.4 is 15.3 Å². The second-order valence-electron chi connectivity index (χ2n) is 5.04. The molecule has 0 aliphatic carbocycles. The van der Waals surface area contributed by atoms with Gasteiger partial charge in [0.05, 0.1) is 5.75 Å². The van der Waals surface area contributed by atoms with Crippen LogP contribution in [0, 0.1) is 0 Å². The molecule has 1 aromatic heterocycles. The Balaban J connectivity index is 1.56. The van der Waals surface area contributed by atoms with E-state index in [9.17, 15) is 4.79 Å². The summed E-state index contributed by atoms with van der Waals surface area (Å²) >= 11 is 1.25. The standard InChI is InChI=1S/C14H17N5O3S/c1-18(13(20)8-23-14-17-16-9-19(14)15)7-10-2-3-11-12(6-10)22-5-4-21-11/h2-3,6,9H,4-5,7-8,15H2,1H3. The molecule has 0 atom stereocenters. The van der Waals surface area contributed by atoms with Crippen LogP contribution in [0.5, 0.6) is 11.5 Å². The molecule has 0 spiro atoms. The summed E-state index contributed by atoms with van der Waals surface area (Å²) in [6.45, 7) is 1.60. The van der Waals surface area contributed by atoms with Crippen molar-refractivity contribution in [3.8, 4) is 11.5 Å². The number of nitrogens with zero attached hydrogens (tertiary/aromatic N) is 4. The Labute approximate surface area is 137 Å². The Bertz CT molecular complexity index is 705. The lowest BCUT2D eigenvalue weighted by atomic mass is 10.2. The topological polar surface area (TPSA) is 95.5 Å². The number of hydrogen-bond acceptors (Lipinski definition) is 7. The van der Waals surface area contributed by atoms with E-state index in [0.717, 1.165) is 17.1 Å². The summed E-state index contributed by atoms with van der Waals surface area (Å²) in [6.07, 6.45) is 1.39. The smallest absolute Gasteiger partial charge is 0.233 e. The molecule has 1 aromatic carbocycles. The maximum atomic E-state index is 12.2. The van der Waals surface area contributed by atoms with Gasteiger partial charge in [-0.25, -0.2) is 4.68 Å². The third kappa shape index (κ3) is 3.67. The van der Waals surface area contributed by atoms with Gasteiger partial charge in [0.1, 0.15) is 19.5 Å². The van der Waals surface area contributed by atoms with Crippen LogP contribution >= 0.6 is 11.8 Å². The summed E-state index contributed by atoms with van der Waals surface area (Å²) in [5.74, 6) is 7.30. The quantitative estimate of drug-likeness (QED) is 0.628. The summed E-state index contributed by atoms with van der Waals surface area (Å²) in [5.41, 5.74) is 0.983. The van der Waals surface area contributed by atoms with Crippen LogP contribution in [-0.4, -0.2) is 51.7 Å². The highest BCUT2D eigenvalue weighted by Gasteiger charge is 2.15. The van der Waals surface area contributed by atoms with Gasteiger partial charge in [-0.1, -0.05) is 17.8 Å². The summed E-state index contributed by atoms with van der Waals surface area (Å²) in [5, 5.41) is 8.00. The van der Waals surface area contributed by atoms with Gasteiger partial charge in [0.25, 0.3) is 0 Å². The number of carbonyl (C=O) groups excluding carboxylic acids is 1. The lowest BCUT2D eigenvalue weighted by molar-refractivity contribution is -0.127. The molecule has 3 rings (SSSR count). The molecule has 2 heterocycles. The number of carbonyl (C=O) groups is 1. The molecule has 0 unspecified atom stereocenters. The molecule has 0 saturated heterocycles. The van der Waals surface area contributed by atoms with Crippen molar-refractivity contribution in [3.63, 3.8) is 0 Å². The van der Waals surface area contributed by atoms with Crippen LogP contribution in [0.15, 0.2) is 29.7 Å². The number of rotatable bonds is 5.